The van der Waals surface area contributed by atoms with Crippen LogP contribution < -0.4 is 0 Å². The molecule has 1 saturated heterocycles. The first-order valence-electron chi connectivity index (χ1n) is 9.69. The molecule has 1 aromatic heterocycles. The maximum atomic E-state index is 13.1. The van der Waals surface area contributed by atoms with Crippen LogP contribution in [0.25, 0.3) is 10.9 Å². The van der Waals surface area contributed by atoms with Crippen molar-refractivity contribution in [2.75, 3.05) is 20.2 Å². The number of rotatable bonds is 3. The maximum Gasteiger partial charge on any atom is 0.337 e. The van der Waals surface area contributed by atoms with Crippen molar-refractivity contribution in [3.8, 4) is 0 Å². The summed E-state index contributed by atoms with van der Waals surface area (Å²) in [7, 11) is 1.36. The second-order valence-corrected chi connectivity index (χ2v) is 7.88. The van der Waals surface area contributed by atoms with Gasteiger partial charge in [0, 0.05) is 60.7 Å². The molecule has 1 N–H and O–H groups in total. The molecule has 148 valence electrons. The molecule has 0 saturated carbocycles. The molecule has 2 aliphatic heterocycles. The predicted octanol–water partition coefficient (Wildman–Crippen LogP) is 2.10. The van der Waals surface area contributed by atoms with E-state index < -0.39 is 0 Å². The van der Waals surface area contributed by atoms with Crippen LogP contribution in [-0.2, 0) is 27.3 Å². The van der Waals surface area contributed by atoms with Gasteiger partial charge in [0.2, 0.25) is 11.8 Å². The molecule has 0 spiro atoms. The summed E-state index contributed by atoms with van der Waals surface area (Å²) in [6.07, 6.45) is 1.03. The van der Waals surface area contributed by atoms with Crippen LogP contribution >= 0.6 is 0 Å². The monoisotopic (exact) mass is 383 g/mol. The number of ether oxygens (including phenoxy) is 1. The Morgan fingerprint density at radius 3 is 2.75 bits per heavy atom. The summed E-state index contributed by atoms with van der Waals surface area (Å²) in [6, 6.07) is 5.55. The number of aromatic nitrogens is 1. The van der Waals surface area contributed by atoms with E-state index in [0.717, 1.165) is 28.6 Å². The molecule has 28 heavy (non-hydrogen) atoms. The van der Waals surface area contributed by atoms with Crippen LogP contribution in [0.3, 0.4) is 0 Å². The highest BCUT2D eigenvalue weighted by atomic mass is 16.5. The molecular weight excluding hydrogens is 358 g/mol. The number of H-pyrrole nitrogens is 1. The van der Waals surface area contributed by atoms with Gasteiger partial charge in [-0.15, -0.1) is 0 Å². The van der Waals surface area contributed by atoms with Gasteiger partial charge in [0.05, 0.1) is 18.6 Å². The normalized spacial score (nSPS) is 19.4. The number of methoxy groups -OCH3 is 1. The van der Waals surface area contributed by atoms with Crippen molar-refractivity contribution in [3.05, 3.63) is 35.0 Å². The van der Waals surface area contributed by atoms with Crippen molar-refractivity contribution < 1.29 is 19.1 Å². The number of carbonyl (C=O) groups is 3. The first kappa shape index (κ1) is 18.5. The Labute approximate surface area is 163 Å². The molecule has 3 heterocycles. The first-order valence-corrected chi connectivity index (χ1v) is 9.69. The van der Waals surface area contributed by atoms with E-state index in [4.69, 9.17) is 4.74 Å². The number of hydrogen-bond donors (Lipinski definition) is 1. The average molecular weight is 383 g/mol. The maximum absolute atomic E-state index is 13.1. The Bertz CT molecular complexity index is 962. The van der Waals surface area contributed by atoms with Gasteiger partial charge in [0.15, 0.2) is 0 Å². The van der Waals surface area contributed by atoms with Gasteiger partial charge in [-0.3, -0.25) is 9.59 Å². The molecule has 0 unspecified atom stereocenters. The number of nitrogens with one attached hydrogen (secondary N) is 1. The quantitative estimate of drug-likeness (QED) is 0.823. The largest absolute Gasteiger partial charge is 0.465 e. The molecule has 1 fully saturated rings. The fourth-order valence-corrected chi connectivity index (χ4v) is 4.30. The van der Waals surface area contributed by atoms with E-state index in [1.807, 2.05) is 30.9 Å². The van der Waals surface area contributed by atoms with E-state index in [0.29, 0.717) is 31.6 Å². The summed E-state index contributed by atoms with van der Waals surface area (Å²) in [4.78, 5) is 44.2. The van der Waals surface area contributed by atoms with Crippen molar-refractivity contribution in [2.24, 2.45) is 5.92 Å². The molecule has 7 heteroatoms. The number of aromatic amines is 1. The van der Waals surface area contributed by atoms with Gasteiger partial charge in [0.25, 0.3) is 0 Å². The Hall–Kier alpha value is -2.83. The molecule has 0 bridgehead atoms. The number of amides is 2. The highest BCUT2D eigenvalue weighted by molar-refractivity contribution is 5.96. The van der Waals surface area contributed by atoms with Crippen LogP contribution in [0.5, 0.6) is 0 Å². The fraction of sp³-hybridized carbons (Fsp3) is 0.476. The van der Waals surface area contributed by atoms with Crippen LogP contribution in [0.4, 0.5) is 0 Å². The van der Waals surface area contributed by atoms with Crippen LogP contribution in [0, 0.1) is 5.92 Å². The second kappa shape index (κ2) is 6.96. The number of fused-ring (bicyclic) bond motifs is 3. The first-order chi connectivity index (χ1) is 13.4. The average Bonchev–Trinajstić information content (AvgIpc) is 3.26. The molecule has 0 aliphatic carbocycles. The van der Waals surface area contributed by atoms with Crippen molar-refractivity contribution in [1.29, 1.82) is 0 Å². The number of benzene rings is 1. The summed E-state index contributed by atoms with van der Waals surface area (Å²) in [5, 5.41) is 0.946. The lowest BCUT2D eigenvalue weighted by Gasteiger charge is -2.29. The third kappa shape index (κ3) is 3.04. The van der Waals surface area contributed by atoms with Gasteiger partial charge in [0.1, 0.15) is 0 Å². The summed E-state index contributed by atoms with van der Waals surface area (Å²) >= 11 is 0. The fourth-order valence-electron chi connectivity index (χ4n) is 4.30. The Balaban J connectivity index is 1.58. The zero-order valence-corrected chi connectivity index (χ0v) is 16.4. The minimum Gasteiger partial charge on any atom is -0.465 e. The number of likely N-dealkylation sites (tertiary alicyclic amines) is 1. The Morgan fingerprint density at radius 1 is 1.29 bits per heavy atom. The van der Waals surface area contributed by atoms with Gasteiger partial charge in [-0.05, 0) is 32.0 Å². The van der Waals surface area contributed by atoms with Gasteiger partial charge < -0.3 is 19.5 Å². The lowest BCUT2D eigenvalue weighted by molar-refractivity contribution is -0.136. The number of esters is 1. The highest BCUT2D eigenvalue weighted by Crippen LogP contribution is 2.31. The summed E-state index contributed by atoms with van der Waals surface area (Å²) < 4.78 is 4.82. The van der Waals surface area contributed by atoms with Crippen LogP contribution in [0.15, 0.2) is 18.2 Å². The zero-order chi connectivity index (χ0) is 20.0. The standard InChI is InChI=1S/C21H25N3O4/c1-12(2)24-10-14(9-19(24)25)20(26)23-7-6-18-16(11-23)15-8-13(21(27)28-3)4-5-17(15)22-18/h4-5,8,12,14,22H,6-7,9-11H2,1-3H3/t14-/m0/s1. The summed E-state index contributed by atoms with van der Waals surface area (Å²) in [5.74, 6) is -0.549. The van der Waals surface area contributed by atoms with E-state index in [9.17, 15) is 14.4 Å². The molecule has 2 aliphatic rings. The van der Waals surface area contributed by atoms with Gasteiger partial charge in [-0.1, -0.05) is 0 Å². The lowest BCUT2D eigenvalue weighted by atomic mass is 10.0. The van der Waals surface area contributed by atoms with Gasteiger partial charge in [-0.2, -0.15) is 0 Å². The SMILES string of the molecule is COC(=O)c1ccc2[nH]c3c(c2c1)CN(C(=O)[C@H]1CC(=O)N(C(C)C)C1)CC3. The number of nitrogens with zero attached hydrogens (tertiary/aromatic N) is 2. The molecule has 0 radical (unpaired) electrons. The highest BCUT2D eigenvalue weighted by Gasteiger charge is 2.38. The van der Waals surface area contributed by atoms with Crippen LogP contribution in [-0.4, -0.2) is 58.8 Å². The second-order valence-electron chi connectivity index (χ2n) is 7.88. The lowest BCUT2D eigenvalue weighted by Crippen LogP contribution is -2.41. The third-order valence-electron chi connectivity index (χ3n) is 5.84. The Morgan fingerprint density at radius 2 is 2.07 bits per heavy atom. The van der Waals surface area contributed by atoms with Gasteiger partial charge >= 0.3 is 5.97 Å². The number of hydrogen-bond acceptors (Lipinski definition) is 4. The van der Waals surface area contributed by atoms with Crippen LogP contribution in [0.1, 0.15) is 41.9 Å². The molecule has 7 nitrogen and oxygen atoms in total. The zero-order valence-electron chi connectivity index (χ0n) is 16.4. The minimum absolute atomic E-state index is 0.0422. The van der Waals surface area contributed by atoms with E-state index >= 15 is 0 Å². The summed E-state index contributed by atoms with van der Waals surface area (Å²) in [6.45, 7) is 5.57. The predicted molar refractivity (Wildman–Crippen MR) is 104 cm³/mol. The van der Waals surface area contributed by atoms with Crippen molar-refractivity contribution in [3.63, 3.8) is 0 Å². The molecule has 2 amide bonds. The third-order valence-corrected chi connectivity index (χ3v) is 5.84. The molecule has 4 rings (SSSR count). The molecule has 1 aromatic carbocycles. The number of carbonyl (C=O) groups excluding carboxylic acids is 3. The van der Waals surface area contributed by atoms with Crippen molar-refractivity contribution in [2.45, 2.75) is 39.3 Å². The van der Waals surface area contributed by atoms with Gasteiger partial charge in [-0.25, -0.2) is 4.79 Å². The summed E-state index contributed by atoms with van der Waals surface area (Å²) in [5.41, 5.74) is 3.60. The van der Waals surface area contributed by atoms with E-state index in [2.05, 4.69) is 4.98 Å². The molecular formula is C21H25N3O4. The van der Waals surface area contributed by atoms with E-state index in [1.165, 1.54) is 7.11 Å². The Kier molecular flexibility index (Phi) is 4.61. The topological polar surface area (TPSA) is 82.7 Å². The van der Waals surface area contributed by atoms with E-state index in [1.54, 1.807) is 11.0 Å². The van der Waals surface area contributed by atoms with Crippen molar-refractivity contribution >= 4 is 28.7 Å². The van der Waals surface area contributed by atoms with Crippen molar-refractivity contribution in [1.82, 2.24) is 14.8 Å². The molecule has 1 atom stereocenters. The minimum atomic E-state index is -0.376. The van der Waals surface area contributed by atoms with Crippen LogP contribution in [0.2, 0.25) is 0 Å². The molecule has 2 aromatic rings. The smallest absolute Gasteiger partial charge is 0.337 e. The van der Waals surface area contributed by atoms with E-state index in [-0.39, 0.29) is 29.7 Å².